The van der Waals surface area contributed by atoms with Gasteiger partial charge in [0.1, 0.15) is 11.6 Å². The first kappa shape index (κ1) is 25.2. The fourth-order valence-electron chi connectivity index (χ4n) is 3.82. The first-order valence-corrected chi connectivity index (χ1v) is 12.0. The van der Waals surface area contributed by atoms with Crippen LogP contribution in [-0.4, -0.2) is 43.3 Å². The van der Waals surface area contributed by atoms with Gasteiger partial charge < -0.3 is 15.7 Å². The van der Waals surface area contributed by atoms with Crippen molar-refractivity contribution in [1.82, 2.24) is 25.5 Å². The molecule has 186 valence electrons. The van der Waals surface area contributed by atoms with E-state index >= 15 is 0 Å². The zero-order chi connectivity index (χ0) is 25.5. The summed E-state index contributed by atoms with van der Waals surface area (Å²) in [6.45, 7) is 7.11. The fraction of sp³-hybridized carbons (Fsp3) is 0.286. The number of rotatable bonds is 10. The van der Waals surface area contributed by atoms with Crippen LogP contribution < -0.4 is 10.6 Å². The van der Waals surface area contributed by atoms with Gasteiger partial charge in [0.05, 0.1) is 5.60 Å². The molecule has 4 aromatic rings. The van der Waals surface area contributed by atoms with Gasteiger partial charge in [-0.1, -0.05) is 42.5 Å². The van der Waals surface area contributed by atoms with Crippen molar-refractivity contribution in [2.24, 2.45) is 0 Å². The maximum Gasteiger partial charge on any atom is 0.296 e. The molecule has 8 nitrogen and oxygen atoms in total. The van der Waals surface area contributed by atoms with Gasteiger partial charge in [0, 0.05) is 19.2 Å². The number of H-pyrrole nitrogens is 1. The summed E-state index contributed by atoms with van der Waals surface area (Å²) in [5.41, 5.74) is 4.69. The number of hydrogen-bond acceptors (Lipinski definition) is 6. The highest BCUT2D eigenvalue weighted by atomic mass is 16.3. The van der Waals surface area contributed by atoms with Crippen LogP contribution >= 0.6 is 0 Å². The largest absolute Gasteiger partial charge is 0.390 e. The number of hydrogen-bond donors (Lipinski definition) is 4. The number of aromatic amines is 1. The molecule has 2 aromatic heterocycles. The molecule has 0 aliphatic rings. The summed E-state index contributed by atoms with van der Waals surface area (Å²) in [7, 11) is 0. The van der Waals surface area contributed by atoms with Crippen molar-refractivity contribution in [2.45, 2.75) is 45.8 Å². The molecule has 0 spiro atoms. The van der Waals surface area contributed by atoms with Crippen LogP contribution in [0.1, 0.15) is 53.4 Å². The first-order chi connectivity index (χ1) is 17.3. The van der Waals surface area contributed by atoms with Crippen LogP contribution in [0.2, 0.25) is 0 Å². The second-order valence-corrected chi connectivity index (χ2v) is 9.54. The number of nitrogens with zero attached hydrogens (tertiary/aromatic N) is 3. The topological polar surface area (TPSA) is 116 Å². The van der Waals surface area contributed by atoms with E-state index in [0.717, 1.165) is 34.4 Å². The zero-order valence-corrected chi connectivity index (χ0v) is 20.9. The number of aryl methyl sites for hydroxylation is 1. The first-order valence-electron chi connectivity index (χ1n) is 12.0. The fourth-order valence-corrected chi connectivity index (χ4v) is 3.82. The summed E-state index contributed by atoms with van der Waals surface area (Å²) in [5, 5.41) is 23.0. The van der Waals surface area contributed by atoms with E-state index in [1.54, 1.807) is 6.20 Å². The van der Waals surface area contributed by atoms with Crippen molar-refractivity contribution in [3.8, 4) is 11.1 Å². The van der Waals surface area contributed by atoms with Crippen molar-refractivity contribution in [1.29, 1.82) is 0 Å². The van der Waals surface area contributed by atoms with E-state index in [4.69, 9.17) is 0 Å². The summed E-state index contributed by atoms with van der Waals surface area (Å²) < 4.78 is 0. The number of aromatic nitrogens is 4. The summed E-state index contributed by atoms with van der Waals surface area (Å²) >= 11 is 0. The minimum Gasteiger partial charge on any atom is -0.390 e. The van der Waals surface area contributed by atoms with E-state index in [1.165, 1.54) is 0 Å². The van der Waals surface area contributed by atoms with Crippen molar-refractivity contribution in [3.05, 3.63) is 95.2 Å². The van der Waals surface area contributed by atoms with Gasteiger partial charge in [0.15, 0.2) is 0 Å². The monoisotopic (exact) mass is 484 g/mol. The van der Waals surface area contributed by atoms with Crippen LogP contribution in [0.25, 0.3) is 11.1 Å². The molecule has 1 amide bonds. The number of carbonyl (C=O) groups excluding carboxylic acids is 1. The van der Waals surface area contributed by atoms with Gasteiger partial charge in [0.2, 0.25) is 5.82 Å². The molecule has 0 fully saturated rings. The highest BCUT2D eigenvalue weighted by Gasteiger charge is 2.15. The number of carbonyl (C=O) groups is 1. The summed E-state index contributed by atoms with van der Waals surface area (Å²) in [4.78, 5) is 21.4. The van der Waals surface area contributed by atoms with Crippen LogP contribution in [0.3, 0.4) is 0 Å². The van der Waals surface area contributed by atoms with E-state index in [9.17, 15) is 9.90 Å². The lowest BCUT2D eigenvalue weighted by Gasteiger charge is -2.17. The molecule has 0 saturated carbocycles. The predicted molar refractivity (Wildman–Crippen MR) is 141 cm³/mol. The van der Waals surface area contributed by atoms with E-state index in [-0.39, 0.29) is 5.82 Å². The second-order valence-electron chi connectivity index (χ2n) is 9.54. The van der Waals surface area contributed by atoms with Crippen LogP contribution in [-0.2, 0) is 13.0 Å². The Balaban J connectivity index is 1.42. The van der Waals surface area contributed by atoms with Gasteiger partial charge in [-0.15, -0.1) is 5.10 Å². The number of benzene rings is 2. The molecule has 4 rings (SSSR count). The highest BCUT2D eigenvalue weighted by molar-refractivity contribution is 6.01. The van der Waals surface area contributed by atoms with E-state index in [2.05, 4.69) is 55.9 Å². The quantitative estimate of drug-likeness (QED) is 0.250. The average molecular weight is 485 g/mol. The molecule has 4 N–H and O–H groups in total. The molecule has 36 heavy (non-hydrogen) atoms. The number of aliphatic hydroxyl groups is 1. The Morgan fingerprint density at radius 3 is 2.64 bits per heavy atom. The summed E-state index contributed by atoms with van der Waals surface area (Å²) in [6, 6.07) is 20.0. The smallest absolute Gasteiger partial charge is 0.296 e. The van der Waals surface area contributed by atoms with Crippen LogP contribution in [0, 0.1) is 6.92 Å². The lowest BCUT2D eigenvalue weighted by Crippen LogP contribution is -2.26. The molecule has 0 aliphatic carbocycles. The Morgan fingerprint density at radius 1 is 1.06 bits per heavy atom. The van der Waals surface area contributed by atoms with E-state index < -0.39 is 11.5 Å². The Bertz CT molecular complexity index is 1310. The van der Waals surface area contributed by atoms with Gasteiger partial charge in [0.25, 0.3) is 5.91 Å². The Kier molecular flexibility index (Phi) is 7.87. The number of anilines is 1. The number of nitrogens with one attached hydrogen (secondary N) is 3. The molecule has 0 aliphatic heterocycles. The maximum absolute atomic E-state index is 12.7. The zero-order valence-electron chi connectivity index (χ0n) is 20.9. The van der Waals surface area contributed by atoms with Crippen LogP contribution in [0.4, 0.5) is 5.82 Å². The molecule has 0 unspecified atom stereocenters. The van der Waals surface area contributed by atoms with Crippen molar-refractivity contribution in [3.63, 3.8) is 0 Å². The lowest BCUT2D eigenvalue weighted by atomic mass is 9.98. The number of amides is 1. The van der Waals surface area contributed by atoms with Gasteiger partial charge >= 0.3 is 0 Å². The van der Waals surface area contributed by atoms with Crippen molar-refractivity contribution < 1.29 is 9.90 Å². The molecule has 0 radical (unpaired) electrons. The average Bonchev–Trinajstić information content (AvgIpc) is 3.32. The van der Waals surface area contributed by atoms with Crippen LogP contribution in [0.5, 0.6) is 0 Å². The van der Waals surface area contributed by atoms with E-state index in [0.29, 0.717) is 31.0 Å². The maximum atomic E-state index is 12.7. The van der Waals surface area contributed by atoms with Gasteiger partial charge in [-0.3, -0.25) is 9.89 Å². The van der Waals surface area contributed by atoms with Crippen molar-refractivity contribution in [2.75, 3.05) is 11.9 Å². The Hall–Kier alpha value is -3.88. The minimum atomic E-state index is -0.682. The summed E-state index contributed by atoms with van der Waals surface area (Å²) in [5.74, 6) is 0.705. The Morgan fingerprint density at radius 2 is 1.86 bits per heavy atom. The SMILES string of the molecule is Cc1ccc(CNCCC(C)(C)O)cc1-c1ccnc(NC(=O)c2n[nH]c(Cc3ccccc3)n2)c1. The highest BCUT2D eigenvalue weighted by Crippen LogP contribution is 2.26. The third-order valence-electron chi connectivity index (χ3n) is 5.81. The molecular weight excluding hydrogens is 452 g/mol. The molecular formula is C28H32N6O2. The molecule has 0 atom stereocenters. The molecule has 0 saturated heterocycles. The lowest BCUT2D eigenvalue weighted by molar-refractivity contribution is 0.0711. The summed E-state index contributed by atoms with van der Waals surface area (Å²) in [6.07, 6.45) is 2.92. The molecule has 2 heterocycles. The molecule has 2 aromatic carbocycles. The molecule has 0 bridgehead atoms. The third-order valence-corrected chi connectivity index (χ3v) is 5.81. The minimum absolute atomic E-state index is 0.0726. The normalized spacial score (nSPS) is 11.4. The van der Waals surface area contributed by atoms with Gasteiger partial charge in [-0.2, -0.15) is 0 Å². The Labute approximate surface area is 211 Å². The van der Waals surface area contributed by atoms with Gasteiger partial charge in [-0.05, 0) is 79.8 Å². The standard InChI is InChI=1S/C28H32N6O2/c1-19-9-10-21(18-29-14-12-28(2,3)36)15-23(19)22-11-13-30-24(17-22)32-27(35)26-31-25(33-34-26)16-20-7-5-4-6-8-20/h4-11,13,15,17,29,36H,12,14,16,18H2,1-3H3,(H,30,32,35)(H,31,33,34). The van der Waals surface area contributed by atoms with Crippen LogP contribution in [0.15, 0.2) is 66.9 Å². The molecule has 8 heteroatoms. The number of pyridine rings is 1. The van der Waals surface area contributed by atoms with E-state index in [1.807, 2.05) is 56.3 Å². The van der Waals surface area contributed by atoms with Gasteiger partial charge in [-0.25, -0.2) is 9.97 Å². The third kappa shape index (κ3) is 7.07. The van der Waals surface area contributed by atoms with Crippen molar-refractivity contribution >= 4 is 11.7 Å². The predicted octanol–water partition coefficient (Wildman–Crippen LogP) is 4.27. The second kappa shape index (κ2) is 11.2.